The van der Waals surface area contributed by atoms with E-state index in [4.69, 9.17) is 4.74 Å². The minimum Gasteiger partial charge on any atom is -1.00 e. The SMILES string of the molecule is CC(=O)C(C)Oc1ccc(I)cc1C[P+](c1ccccc1)(c1ccccc1)c1ccccc1.[Br-]. The zero-order valence-corrected chi connectivity index (χ0v) is 23.8. The summed E-state index contributed by atoms with van der Waals surface area (Å²) in [6.45, 7) is 3.39. The van der Waals surface area contributed by atoms with Crippen molar-refractivity contribution in [3.63, 3.8) is 0 Å². The molecule has 0 saturated carbocycles. The summed E-state index contributed by atoms with van der Waals surface area (Å²) in [6, 6.07) is 38.7. The van der Waals surface area contributed by atoms with Crippen LogP contribution in [0.3, 0.4) is 0 Å². The molecule has 4 rings (SSSR count). The molecule has 0 N–H and O–H groups in total. The molecule has 1 unspecified atom stereocenters. The van der Waals surface area contributed by atoms with Gasteiger partial charge in [-0.3, -0.25) is 4.79 Å². The number of Topliss-reactive ketones (excluding diaryl/α,β-unsaturated/α-hetero) is 1. The van der Waals surface area contributed by atoms with E-state index < -0.39 is 13.4 Å². The number of ketones is 1. The van der Waals surface area contributed by atoms with Gasteiger partial charge in [-0.25, -0.2) is 0 Å². The van der Waals surface area contributed by atoms with E-state index in [0.29, 0.717) is 0 Å². The number of ether oxygens (including phenoxy) is 1. The average molecular weight is 645 g/mol. The lowest BCUT2D eigenvalue weighted by Gasteiger charge is -2.29. The Morgan fingerprint density at radius 3 is 1.65 bits per heavy atom. The van der Waals surface area contributed by atoms with Crippen molar-refractivity contribution in [3.8, 4) is 5.75 Å². The van der Waals surface area contributed by atoms with Crippen molar-refractivity contribution in [2.75, 3.05) is 0 Å². The monoisotopic (exact) mass is 644 g/mol. The van der Waals surface area contributed by atoms with Gasteiger partial charge < -0.3 is 21.7 Å². The molecule has 0 saturated heterocycles. The Labute approximate surface area is 227 Å². The summed E-state index contributed by atoms with van der Waals surface area (Å²) in [4.78, 5) is 12.0. The molecular formula is C29H27BrIO2P. The van der Waals surface area contributed by atoms with Crippen LogP contribution < -0.4 is 37.6 Å². The van der Waals surface area contributed by atoms with Crippen LogP contribution in [0.4, 0.5) is 0 Å². The highest BCUT2D eigenvalue weighted by Crippen LogP contribution is 2.59. The Kier molecular flexibility index (Phi) is 9.47. The summed E-state index contributed by atoms with van der Waals surface area (Å²) in [5, 5.41) is 3.98. The molecule has 4 aromatic carbocycles. The summed E-state index contributed by atoms with van der Waals surface area (Å²) in [5.41, 5.74) is 1.12. The van der Waals surface area contributed by atoms with Crippen LogP contribution in [-0.4, -0.2) is 11.9 Å². The molecular weight excluding hydrogens is 618 g/mol. The molecule has 0 heterocycles. The van der Waals surface area contributed by atoms with E-state index in [1.807, 2.05) is 19.1 Å². The Hall–Kier alpha value is -2.01. The molecule has 0 aromatic heterocycles. The molecule has 0 spiro atoms. The Balaban J connectivity index is 0.00000324. The molecule has 0 aliphatic carbocycles. The third-order valence-corrected chi connectivity index (χ3v) is 10.9. The van der Waals surface area contributed by atoms with Gasteiger partial charge in [0, 0.05) is 9.13 Å². The minimum absolute atomic E-state index is 0. The highest BCUT2D eigenvalue weighted by atomic mass is 127. The van der Waals surface area contributed by atoms with Gasteiger partial charge in [-0.15, -0.1) is 0 Å². The molecule has 0 amide bonds. The first-order valence-corrected chi connectivity index (χ1v) is 14.1. The lowest BCUT2D eigenvalue weighted by atomic mass is 10.2. The third kappa shape index (κ3) is 5.79. The van der Waals surface area contributed by atoms with Crippen LogP contribution >= 0.6 is 29.9 Å². The van der Waals surface area contributed by atoms with Crippen molar-refractivity contribution in [2.45, 2.75) is 26.1 Å². The van der Waals surface area contributed by atoms with Crippen LogP contribution in [0.1, 0.15) is 19.4 Å². The van der Waals surface area contributed by atoms with Crippen molar-refractivity contribution in [1.29, 1.82) is 0 Å². The molecule has 2 nitrogen and oxygen atoms in total. The normalized spacial score (nSPS) is 11.9. The van der Waals surface area contributed by atoms with Crippen molar-refractivity contribution in [2.24, 2.45) is 0 Å². The minimum atomic E-state index is -2.06. The maximum absolute atomic E-state index is 12.0. The van der Waals surface area contributed by atoms with Gasteiger partial charge in [-0.05, 0) is 91.0 Å². The molecule has 0 fully saturated rings. The van der Waals surface area contributed by atoms with Crippen molar-refractivity contribution >= 4 is 51.6 Å². The van der Waals surface area contributed by atoms with E-state index in [1.165, 1.54) is 15.9 Å². The van der Waals surface area contributed by atoms with E-state index in [9.17, 15) is 4.79 Å². The van der Waals surface area contributed by atoms with Gasteiger partial charge in [-0.1, -0.05) is 54.6 Å². The van der Waals surface area contributed by atoms with Gasteiger partial charge in [0.15, 0.2) is 11.9 Å². The number of carbonyl (C=O) groups excluding carboxylic acids is 1. The molecule has 0 aliphatic rings. The maximum Gasteiger partial charge on any atom is 0.169 e. The number of halogens is 2. The highest BCUT2D eigenvalue weighted by Gasteiger charge is 2.46. The molecule has 0 bridgehead atoms. The summed E-state index contributed by atoms with van der Waals surface area (Å²) in [7, 11) is -2.06. The van der Waals surface area contributed by atoms with Crippen LogP contribution in [0.5, 0.6) is 5.75 Å². The standard InChI is InChI=1S/C29H27IO2P.BrH/c1-22(31)23(2)32-29-19-18-25(30)20-24(29)21-33(26-12-6-3-7-13-26,27-14-8-4-9-15-27)28-16-10-5-11-17-28;/h3-20,23H,21H2,1-2H3;1H/q+1;/p-1. The van der Waals surface area contributed by atoms with Gasteiger partial charge in [-0.2, -0.15) is 0 Å². The number of hydrogen-bond acceptors (Lipinski definition) is 2. The Bertz CT molecular complexity index is 1120. The zero-order valence-electron chi connectivity index (χ0n) is 19.2. The average Bonchev–Trinajstić information content (AvgIpc) is 2.85. The van der Waals surface area contributed by atoms with Crippen LogP contribution in [0.2, 0.25) is 0 Å². The molecule has 1 atom stereocenters. The van der Waals surface area contributed by atoms with Crippen molar-refractivity contribution in [3.05, 3.63) is 118 Å². The second kappa shape index (κ2) is 12.1. The zero-order chi connectivity index (χ0) is 23.3. The number of carbonyl (C=O) groups is 1. The van der Waals surface area contributed by atoms with Crippen LogP contribution in [-0.2, 0) is 11.0 Å². The first-order valence-electron chi connectivity index (χ1n) is 11.0. The first kappa shape index (κ1) is 26.6. The van der Waals surface area contributed by atoms with E-state index in [2.05, 4.69) is 120 Å². The second-order valence-electron chi connectivity index (χ2n) is 8.10. The van der Waals surface area contributed by atoms with E-state index in [1.54, 1.807) is 6.92 Å². The smallest absolute Gasteiger partial charge is 0.169 e. The Morgan fingerprint density at radius 2 is 1.24 bits per heavy atom. The topological polar surface area (TPSA) is 26.3 Å². The van der Waals surface area contributed by atoms with Crippen LogP contribution in [0, 0.1) is 3.57 Å². The summed E-state index contributed by atoms with van der Waals surface area (Å²) < 4.78 is 7.33. The van der Waals surface area contributed by atoms with E-state index in [0.717, 1.165) is 21.0 Å². The van der Waals surface area contributed by atoms with Gasteiger partial charge in [0.05, 0.1) is 0 Å². The molecule has 34 heavy (non-hydrogen) atoms. The summed E-state index contributed by atoms with van der Waals surface area (Å²) in [6.07, 6.45) is 0.323. The predicted molar refractivity (Wildman–Crippen MR) is 149 cm³/mol. The van der Waals surface area contributed by atoms with Gasteiger partial charge in [0.25, 0.3) is 0 Å². The van der Waals surface area contributed by atoms with Gasteiger partial charge >= 0.3 is 0 Å². The maximum atomic E-state index is 12.0. The van der Waals surface area contributed by atoms with Crippen molar-refractivity contribution < 1.29 is 26.5 Å². The van der Waals surface area contributed by atoms with E-state index >= 15 is 0 Å². The fraction of sp³-hybridized carbons (Fsp3) is 0.138. The van der Waals surface area contributed by atoms with E-state index in [-0.39, 0.29) is 22.8 Å². The quantitative estimate of drug-likeness (QED) is 0.218. The van der Waals surface area contributed by atoms with Gasteiger partial charge in [0.2, 0.25) is 0 Å². The highest BCUT2D eigenvalue weighted by molar-refractivity contribution is 14.1. The Morgan fingerprint density at radius 1 is 0.794 bits per heavy atom. The number of benzene rings is 4. The summed E-state index contributed by atoms with van der Waals surface area (Å²) >= 11 is 2.35. The largest absolute Gasteiger partial charge is 1.00 e. The molecule has 5 heteroatoms. The predicted octanol–water partition coefficient (Wildman–Crippen LogP) is 3.15. The molecule has 174 valence electrons. The fourth-order valence-corrected chi connectivity index (χ4v) is 8.88. The molecule has 4 aromatic rings. The van der Waals surface area contributed by atoms with Crippen molar-refractivity contribution in [1.82, 2.24) is 0 Å². The van der Waals surface area contributed by atoms with Crippen LogP contribution in [0.15, 0.2) is 109 Å². The lowest BCUT2D eigenvalue weighted by molar-refractivity contribution is -0.122. The fourth-order valence-electron chi connectivity index (χ4n) is 4.08. The third-order valence-electron chi connectivity index (χ3n) is 5.90. The number of hydrogen-bond donors (Lipinski definition) is 0. The van der Waals surface area contributed by atoms with Crippen LogP contribution in [0.25, 0.3) is 0 Å². The molecule has 0 radical (unpaired) electrons. The first-order chi connectivity index (χ1) is 16.0. The summed E-state index contributed by atoms with van der Waals surface area (Å²) in [5.74, 6) is 0.806. The second-order valence-corrected chi connectivity index (χ2v) is 12.8. The lowest BCUT2D eigenvalue weighted by Crippen LogP contribution is -3.00. The molecule has 0 aliphatic heterocycles. The van der Waals surface area contributed by atoms with Gasteiger partial charge in [0.1, 0.15) is 35.1 Å². The number of rotatable bonds is 8.